The Kier molecular flexibility index (Phi) is 2.42. The van der Waals surface area contributed by atoms with Crippen molar-refractivity contribution in [2.24, 2.45) is 0 Å². The van der Waals surface area contributed by atoms with Gasteiger partial charge in [-0.15, -0.1) is 0 Å². The van der Waals surface area contributed by atoms with Crippen LogP contribution in [0.15, 0.2) is 10.7 Å². The molecule has 0 radical (unpaired) electrons. The minimum atomic E-state index is -0.575. The molecule has 0 atom stereocenters. The van der Waals surface area contributed by atoms with E-state index >= 15 is 0 Å². The van der Waals surface area contributed by atoms with Crippen LogP contribution in [0.3, 0.4) is 0 Å². The van der Waals surface area contributed by atoms with Crippen LogP contribution in [0.1, 0.15) is 5.69 Å². The molecule has 1 heterocycles. The highest BCUT2D eigenvalue weighted by Crippen LogP contribution is 2.19. The van der Waals surface area contributed by atoms with Gasteiger partial charge in [0.2, 0.25) is 0 Å². The number of nitrogens with zero attached hydrogens (tertiary/aromatic N) is 2. The Morgan fingerprint density at radius 2 is 2.36 bits per heavy atom. The number of halogens is 3. The Balaban J connectivity index is 3.35. The van der Waals surface area contributed by atoms with Crippen molar-refractivity contribution in [2.75, 3.05) is 0 Å². The fourth-order valence-corrected chi connectivity index (χ4v) is 0.995. The van der Waals surface area contributed by atoms with E-state index in [0.717, 1.165) is 6.07 Å². The predicted octanol–water partition coefficient (Wildman–Crippen LogP) is 2.51. The van der Waals surface area contributed by atoms with Gasteiger partial charge in [0.15, 0.2) is 11.5 Å². The number of aromatic nitrogens is 1. The van der Waals surface area contributed by atoms with Crippen LogP contribution in [0.4, 0.5) is 4.39 Å². The highest BCUT2D eigenvalue weighted by Gasteiger charge is 2.06. The molecule has 0 saturated heterocycles. The van der Waals surface area contributed by atoms with E-state index in [4.69, 9.17) is 16.9 Å². The molecule has 1 rings (SSSR count). The van der Waals surface area contributed by atoms with E-state index in [1.807, 2.05) is 0 Å². The Labute approximate surface area is 75.7 Å². The molecule has 56 valence electrons. The maximum Gasteiger partial charge on any atom is 0.160 e. The van der Waals surface area contributed by atoms with Crippen molar-refractivity contribution in [3.8, 4) is 6.07 Å². The van der Waals surface area contributed by atoms with Crippen molar-refractivity contribution in [1.29, 1.82) is 5.26 Å². The van der Waals surface area contributed by atoms with Crippen LogP contribution in [-0.2, 0) is 0 Å². The van der Waals surface area contributed by atoms with Crippen molar-refractivity contribution < 1.29 is 4.39 Å². The van der Waals surface area contributed by atoms with Gasteiger partial charge in [-0.2, -0.15) is 5.26 Å². The molecule has 11 heavy (non-hydrogen) atoms. The highest BCUT2D eigenvalue weighted by molar-refractivity contribution is 9.10. The quantitative estimate of drug-likeness (QED) is 0.648. The van der Waals surface area contributed by atoms with E-state index in [0.29, 0.717) is 0 Å². The Bertz CT molecular complexity index is 334. The van der Waals surface area contributed by atoms with Gasteiger partial charge in [-0.05, 0) is 22.0 Å². The normalized spacial score (nSPS) is 9.27. The first-order valence-corrected chi connectivity index (χ1v) is 3.74. The number of nitriles is 1. The molecule has 0 bridgehead atoms. The third-order valence-corrected chi connectivity index (χ3v) is 1.84. The summed E-state index contributed by atoms with van der Waals surface area (Å²) in [5, 5.41) is 8.42. The average Bonchev–Trinajstić information content (AvgIpc) is 1.97. The molecule has 1 aromatic heterocycles. The zero-order valence-corrected chi connectivity index (χ0v) is 7.45. The first-order chi connectivity index (χ1) is 5.15. The molecular weight excluding hydrogens is 234 g/mol. The predicted molar refractivity (Wildman–Crippen MR) is 41.6 cm³/mol. The van der Waals surface area contributed by atoms with Gasteiger partial charge in [0.05, 0.1) is 5.02 Å². The van der Waals surface area contributed by atoms with E-state index in [-0.39, 0.29) is 15.3 Å². The zero-order chi connectivity index (χ0) is 8.43. The largest absolute Gasteiger partial charge is 0.225 e. The first-order valence-electron chi connectivity index (χ1n) is 2.57. The van der Waals surface area contributed by atoms with Crippen LogP contribution in [-0.4, -0.2) is 4.98 Å². The van der Waals surface area contributed by atoms with Crippen molar-refractivity contribution in [3.63, 3.8) is 0 Å². The molecule has 5 heteroatoms. The summed E-state index contributed by atoms with van der Waals surface area (Å²) in [4.78, 5) is 3.54. The molecule has 0 unspecified atom stereocenters. The van der Waals surface area contributed by atoms with Crippen molar-refractivity contribution in [1.82, 2.24) is 4.98 Å². The van der Waals surface area contributed by atoms with Gasteiger partial charge in [0, 0.05) is 0 Å². The lowest BCUT2D eigenvalue weighted by molar-refractivity contribution is 0.612. The molecule has 0 amide bonds. The molecule has 0 aliphatic rings. The van der Waals surface area contributed by atoms with Crippen LogP contribution < -0.4 is 0 Å². The molecule has 0 spiro atoms. The molecule has 0 aromatic carbocycles. The maximum absolute atomic E-state index is 12.6. The van der Waals surface area contributed by atoms with E-state index in [2.05, 4.69) is 20.9 Å². The van der Waals surface area contributed by atoms with Gasteiger partial charge >= 0.3 is 0 Å². The molecule has 0 aliphatic carbocycles. The summed E-state index contributed by atoms with van der Waals surface area (Å²) in [6, 6.07) is 2.76. The van der Waals surface area contributed by atoms with Gasteiger partial charge < -0.3 is 0 Å². The molecular formula is C6HBrClFN2. The number of pyridine rings is 1. The van der Waals surface area contributed by atoms with E-state index < -0.39 is 5.82 Å². The smallest absolute Gasteiger partial charge is 0.160 e. The summed E-state index contributed by atoms with van der Waals surface area (Å²) in [6.45, 7) is 0. The lowest BCUT2D eigenvalue weighted by Crippen LogP contribution is -1.88. The SMILES string of the molecule is N#Cc1nc(Br)c(F)cc1Cl. The van der Waals surface area contributed by atoms with E-state index in [1.165, 1.54) is 0 Å². The summed E-state index contributed by atoms with van der Waals surface area (Å²) in [5.74, 6) is -0.575. The second kappa shape index (κ2) is 3.16. The van der Waals surface area contributed by atoms with Crippen LogP contribution >= 0.6 is 27.5 Å². The van der Waals surface area contributed by atoms with Gasteiger partial charge in [0.25, 0.3) is 0 Å². The Hall–Kier alpha value is -0.660. The Morgan fingerprint density at radius 3 is 2.91 bits per heavy atom. The van der Waals surface area contributed by atoms with E-state index in [9.17, 15) is 4.39 Å². The lowest BCUT2D eigenvalue weighted by atomic mass is 10.4. The standard InChI is InChI=1S/C6HBrClFN2/c7-6-4(9)1-3(8)5(2-10)11-6/h1H. The zero-order valence-electron chi connectivity index (χ0n) is 5.11. The van der Waals surface area contributed by atoms with Crippen molar-refractivity contribution in [2.45, 2.75) is 0 Å². The third-order valence-electron chi connectivity index (χ3n) is 0.993. The van der Waals surface area contributed by atoms with Gasteiger partial charge in [-0.3, -0.25) is 0 Å². The molecule has 1 aromatic rings. The fourth-order valence-electron chi connectivity index (χ4n) is 0.523. The summed E-state index contributed by atoms with van der Waals surface area (Å²) in [6.07, 6.45) is 0. The second-order valence-corrected chi connectivity index (χ2v) is 2.86. The van der Waals surface area contributed by atoms with Crippen LogP contribution in [0.2, 0.25) is 5.02 Å². The summed E-state index contributed by atoms with van der Waals surface area (Å²) in [7, 11) is 0. The fraction of sp³-hybridized carbons (Fsp3) is 0. The molecule has 0 aliphatic heterocycles. The molecule has 0 N–H and O–H groups in total. The molecule has 0 saturated carbocycles. The number of hydrogen-bond acceptors (Lipinski definition) is 2. The van der Waals surface area contributed by atoms with Crippen molar-refractivity contribution in [3.05, 3.63) is 27.2 Å². The summed E-state index contributed by atoms with van der Waals surface area (Å²) >= 11 is 8.28. The Morgan fingerprint density at radius 1 is 1.73 bits per heavy atom. The minimum Gasteiger partial charge on any atom is -0.225 e. The maximum atomic E-state index is 12.6. The number of rotatable bonds is 0. The average molecular weight is 235 g/mol. The molecule has 2 nitrogen and oxygen atoms in total. The second-order valence-electron chi connectivity index (χ2n) is 1.70. The van der Waals surface area contributed by atoms with E-state index in [1.54, 1.807) is 6.07 Å². The van der Waals surface area contributed by atoms with Crippen LogP contribution in [0, 0.1) is 17.1 Å². The minimum absolute atomic E-state index is 0.00144. The van der Waals surface area contributed by atoms with Crippen molar-refractivity contribution >= 4 is 27.5 Å². The highest BCUT2D eigenvalue weighted by atomic mass is 79.9. The van der Waals surface area contributed by atoms with Gasteiger partial charge in [-0.1, -0.05) is 11.6 Å². The molecule has 0 fully saturated rings. The first kappa shape index (κ1) is 8.44. The summed E-state index contributed by atoms with van der Waals surface area (Å²) in [5.41, 5.74) is 0.0138. The van der Waals surface area contributed by atoms with Gasteiger partial charge in [-0.25, -0.2) is 9.37 Å². The third kappa shape index (κ3) is 1.67. The summed E-state index contributed by atoms with van der Waals surface area (Å²) < 4.78 is 12.6. The number of hydrogen-bond donors (Lipinski definition) is 0. The van der Waals surface area contributed by atoms with Crippen LogP contribution in [0.25, 0.3) is 0 Å². The van der Waals surface area contributed by atoms with Crippen LogP contribution in [0.5, 0.6) is 0 Å². The monoisotopic (exact) mass is 234 g/mol. The lowest BCUT2D eigenvalue weighted by Gasteiger charge is -1.95. The van der Waals surface area contributed by atoms with Gasteiger partial charge in [0.1, 0.15) is 10.7 Å². The topological polar surface area (TPSA) is 36.7 Å².